The molecule has 1 heterocycles. The molecule has 1 aliphatic heterocycles. The first-order valence-electron chi connectivity index (χ1n) is 15.9. The Balaban J connectivity index is 1.53. The number of fused-ring (bicyclic) bond motifs is 1. The molecule has 2 amide bonds. The van der Waals surface area contributed by atoms with E-state index in [2.05, 4.69) is 15.1 Å². The fourth-order valence-electron chi connectivity index (χ4n) is 6.15. The molecular formula is C32H46N6O6S. The molecule has 2 aromatic carbocycles. The molecule has 0 radical (unpaired) electrons. The number of hydrazone groups is 1. The monoisotopic (exact) mass is 642 g/mol. The molecule has 0 spiro atoms. The van der Waals surface area contributed by atoms with Crippen LogP contribution < -0.4 is 15.9 Å². The summed E-state index contributed by atoms with van der Waals surface area (Å²) in [6, 6.07) is 10.7. The van der Waals surface area contributed by atoms with Gasteiger partial charge in [0, 0.05) is 26.2 Å². The van der Waals surface area contributed by atoms with Gasteiger partial charge in [-0.05, 0) is 67.3 Å². The first-order chi connectivity index (χ1) is 21.7. The summed E-state index contributed by atoms with van der Waals surface area (Å²) >= 11 is 0. The van der Waals surface area contributed by atoms with Gasteiger partial charge in [-0.3, -0.25) is 14.4 Å². The molecule has 1 saturated heterocycles. The molecule has 0 aromatic heterocycles. The van der Waals surface area contributed by atoms with E-state index in [0.717, 1.165) is 68.8 Å². The van der Waals surface area contributed by atoms with Crippen LogP contribution in [0.3, 0.4) is 0 Å². The molecule has 246 valence electrons. The average molecular weight is 643 g/mol. The van der Waals surface area contributed by atoms with Crippen LogP contribution in [0.5, 0.6) is 0 Å². The summed E-state index contributed by atoms with van der Waals surface area (Å²) in [5.74, 6) is 4.01. The highest BCUT2D eigenvalue weighted by atomic mass is 32.2. The number of rotatable bonds is 14. The maximum atomic E-state index is 14.1. The van der Waals surface area contributed by atoms with Crippen molar-refractivity contribution in [2.45, 2.75) is 69.2 Å². The Hall–Kier alpha value is -3.71. The van der Waals surface area contributed by atoms with E-state index in [1.807, 2.05) is 29.2 Å². The first kappa shape index (κ1) is 34.2. The van der Waals surface area contributed by atoms with Crippen LogP contribution in [0.15, 0.2) is 52.5 Å². The number of carbonyl (C=O) groups excluding carboxylic acids is 3. The number of nitrogens with one attached hydrogen (secondary N) is 2. The fourth-order valence-corrected chi connectivity index (χ4v) is 7.37. The van der Waals surface area contributed by atoms with Gasteiger partial charge in [0.25, 0.3) is 0 Å². The summed E-state index contributed by atoms with van der Waals surface area (Å²) in [4.78, 5) is 43.3. The zero-order valence-electron chi connectivity index (χ0n) is 26.0. The summed E-state index contributed by atoms with van der Waals surface area (Å²) < 4.78 is 35.0. The molecule has 4 rings (SSSR count). The molecule has 45 heavy (non-hydrogen) atoms. The van der Waals surface area contributed by atoms with Crippen molar-refractivity contribution in [1.29, 1.82) is 0 Å². The molecular weight excluding hydrogens is 596 g/mol. The van der Waals surface area contributed by atoms with Crippen molar-refractivity contribution in [1.82, 2.24) is 19.8 Å². The van der Waals surface area contributed by atoms with E-state index in [1.54, 1.807) is 25.4 Å². The van der Waals surface area contributed by atoms with Crippen LogP contribution in [0.4, 0.5) is 0 Å². The molecule has 0 unspecified atom stereocenters. The second-order valence-corrected chi connectivity index (χ2v) is 13.7. The lowest BCUT2D eigenvalue weighted by Gasteiger charge is -2.32. The third-order valence-electron chi connectivity index (χ3n) is 8.62. The van der Waals surface area contributed by atoms with E-state index in [4.69, 9.17) is 10.6 Å². The van der Waals surface area contributed by atoms with E-state index in [-0.39, 0.29) is 36.4 Å². The van der Waals surface area contributed by atoms with Gasteiger partial charge < -0.3 is 25.7 Å². The number of amides is 2. The van der Waals surface area contributed by atoms with E-state index in [0.29, 0.717) is 6.54 Å². The zero-order chi connectivity index (χ0) is 32.2. The van der Waals surface area contributed by atoms with Crippen LogP contribution in [0.25, 0.3) is 10.8 Å². The summed E-state index contributed by atoms with van der Waals surface area (Å²) in [5, 5.41) is 8.07. The van der Waals surface area contributed by atoms with Gasteiger partial charge in [-0.15, -0.1) is 0 Å². The number of nitrogens with two attached hydrogens (primary N) is 1. The van der Waals surface area contributed by atoms with Crippen LogP contribution in [0.2, 0.25) is 0 Å². The van der Waals surface area contributed by atoms with Gasteiger partial charge in [0.2, 0.25) is 21.8 Å². The van der Waals surface area contributed by atoms with Gasteiger partial charge in [-0.1, -0.05) is 49.6 Å². The lowest BCUT2D eigenvalue weighted by atomic mass is 9.89. The summed E-state index contributed by atoms with van der Waals surface area (Å²) in [6.07, 6.45) is 7.87. The fraction of sp³-hybridized carbons (Fsp3) is 0.562. The Morgan fingerprint density at radius 1 is 1.04 bits per heavy atom. The summed E-state index contributed by atoms with van der Waals surface area (Å²) in [5.41, 5.74) is 0. The number of sulfonamides is 1. The zero-order valence-corrected chi connectivity index (χ0v) is 26.8. The number of likely N-dealkylation sites (tertiary alicyclic amines) is 1. The SMILES string of the molecule is CCOC(=O)CN(CC1CCCCC1)C(=O)[C@H](CC(=O)NCC1CCN(C=NN)CC1)NS(=O)(=O)c1ccc2ccccc2c1. The second-order valence-electron chi connectivity index (χ2n) is 12.0. The molecule has 2 fully saturated rings. The molecule has 1 atom stereocenters. The molecule has 2 aromatic rings. The lowest BCUT2D eigenvalue weighted by Crippen LogP contribution is -2.53. The Bertz CT molecular complexity index is 1440. The number of hydrogen-bond acceptors (Lipinski definition) is 8. The predicted octanol–water partition coefficient (Wildman–Crippen LogP) is 2.58. The lowest BCUT2D eigenvalue weighted by molar-refractivity contribution is -0.150. The maximum absolute atomic E-state index is 14.1. The normalized spacial score (nSPS) is 17.3. The van der Waals surface area contributed by atoms with Crippen molar-refractivity contribution < 1.29 is 27.5 Å². The predicted molar refractivity (Wildman–Crippen MR) is 172 cm³/mol. The van der Waals surface area contributed by atoms with Crippen LogP contribution >= 0.6 is 0 Å². The number of piperidine rings is 1. The molecule has 12 nitrogen and oxygen atoms in total. The molecule has 1 aliphatic carbocycles. The van der Waals surface area contributed by atoms with Gasteiger partial charge in [-0.25, -0.2) is 8.42 Å². The van der Waals surface area contributed by atoms with Gasteiger partial charge >= 0.3 is 5.97 Å². The highest BCUT2D eigenvalue weighted by Gasteiger charge is 2.34. The van der Waals surface area contributed by atoms with Crippen molar-refractivity contribution in [3.63, 3.8) is 0 Å². The minimum Gasteiger partial charge on any atom is -0.465 e. The van der Waals surface area contributed by atoms with E-state index < -0.39 is 40.3 Å². The minimum atomic E-state index is -4.22. The number of ether oxygens (including phenoxy) is 1. The quantitative estimate of drug-likeness (QED) is 0.0931. The first-order valence-corrected chi connectivity index (χ1v) is 17.4. The van der Waals surface area contributed by atoms with Gasteiger partial charge in [0.05, 0.1) is 17.9 Å². The number of hydrogen-bond donors (Lipinski definition) is 3. The Kier molecular flexibility index (Phi) is 12.6. The van der Waals surface area contributed by atoms with Crippen molar-refractivity contribution >= 4 is 44.9 Å². The third kappa shape index (κ3) is 10.1. The molecule has 0 bridgehead atoms. The van der Waals surface area contributed by atoms with Crippen LogP contribution in [0.1, 0.15) is 58.3 Å². The van der Waals surface area contributed by atoms with Crippen LogP contribution in [0, 0.1) is 11.8 Å². The van der Waals surface area contributed by atoms with Crippen molar-refractivity contribution in [2.75, 3.05) is 39.3 Å². The van der Waals surface area contributed by atoms with Gasteiger partial charge in [0.15, 0.2) is 0 Å². The Morgan fingerprint density at radius 3 is 2.44 bits per heavy atom. The molecule has 4 N–H and O–H groups in total. The smallest absolute Gasteiger partial charge is 0.325 e. The number of esters is 1. The topological polar surface area (TPSA) is 163 Å². The molecule has 1 saturated carbocycles. The van der Waals surface area contributed by atoms with Gasteiger partial charge in [0.1, 0.15) is 18.9 Å². The highest BCUT2D eigenvalue weighted by Crippen LogP contribution is 2.25. The number of nitrogens with zero attached hydrogens (tertiary/aromatic N) is 3. The van der Waals surface area contributed by atoms with Crippen molar-refractivity contribution in [2.24, 2.45) is 22.8 Å². The standard InChI is InChI=1S/C32H46N6O6S/c1-2-44-31(40)22-38(21-25-8-4-3-5-9-25)32(41)29(19-30(39)34-20-24-14-16-37(17-15-24)23-35-33)36-45(42,43)28-13-12-26-10-6-7-11-27(26)18-28/h6-7,10-13,18,23-25,29,36H,2-5,8-9,14-17,19-22,33H2,1H3,(H,34,39)/t29-/m0/s1. The second kappa shape index (κ2) is 16.6. The van der Waals surface area contributed by atoms with Gasteiger partial charge in [-0.2, -0.15) is 9.82 Å². The summed E-state index contributed by atoms with van der Waals surface area (Å²) in [7, 11) is -4.22. The van der Waals surface area contributed by atoms with Crippen LogP contribution in [-0.2, 0) is 29.1 Å². The van der Waals surface area contributed by atoms with Crippen LogP contribution in [-0.4, -0.2) is 87.7 Å². The largest absolute Gasteiger partial charge is 0.465 e. The number of benzene rings is 2. The molecule has 2 aliphatic rings. The Labute approximate surface area is 265 Å². The maximum Gasteiger partial charge on any atom is 0.325 e. The summed E-state index contributed by atoms with van der Waals surface area (Å²) in [6.45, 7) is 3.74. The van der Waals surface area contributed by atoms with E-state index in [9.17, 15) is 22.8 Å². The Morgan fingerprint density at radius 2 is 1.76 bits per heavy atom. The molecule has 13 heteroatoms. The van der Waals surface area contributed by atoms with E-state index in [1.165, 1.54) is 11.0 Å². The van der Waals surface area contributed by atoms with Crippen molar-refractivity contribution in [3.8, 4) is 0 Å². The minimum absolute atomic E-state index is 0.0172. The van der Waals surface area contributed by atoms with Crippen molar-refractivity contribution in [3.05, 3.63) is 42.5 Å². The number of carbonyl (C=O) groups is 3. The highest BCUT2D eigenvalue weighted by molar-refractivity contribution is 7.89. The average Bonchev–Trinajstić information content (AvgIpc) is 3.04. The van der Waals surface area contributed by atoms with E-state index >= 15 is 0 Å². The third-order valence-corrected chi connectivity index (χ3v) is 10.1.